The first-order chi connectivity index (χ1) is 13.7. The second-order valence-corrected chi connectivity index (χ2v) is 11.1. The number of terminal acetylenes is 1. The molecule has 0 radical (unpaired) electrons. The third-order valence-electron chi connectivity index (χ3n) is 8.22. The predicted molar refractivity (Wildman–Crippen MR) is 124 cm³/mol. The van der Waals surface area contributed by atoms with Crippen LogP contribution < -0.4 is 10.6 Å². The van der Waals surface area contributed by atoms with E-state index in [2.05, 4.69) is 49.6 Å². The standard InChI is InChI=1S/C26H39N3/c1-6-28(24-10-8-7-9-23(24)27)26(5)17-21-15-16-22(18-26)29(21)20-13-11-19(12-14-20)25(2,3)4/h1,7-10,19-22H,11-18,27H2,2-5H3/t19-,20-,21-,22+,26+. The summed E-state index contributed by atoms with van der Waals surface area (Å²) >= 11 is 0. The van der Waals surface area contributed by atoms with Gasteiger partial charge in [0.1, 0.15) is 0 Å². The smallest absolute Gasteiger partial charge is 0.0724 e. The molecule has 3 aliphatic rings. The van der Waals surface area contributed by atoms with Gasteiger partial charge >= 0.3 is 0 Å². The summed E-state index contributed by atoms with van der Waals surface area (Å²) in [6.07, 6.45) is 16.5. The van der Waals surface area contributed by atoms with E-state index in [9.17, 15) is 0 Å². The molecule has 4 rings (SSSR count). The quantitative estimate of drug-likeness (QED) is 0.409. The van der Waals surface area contributed by atoms with Gasteiger partial charge in [-0.25, -0.2) is 0 Å². The highest BCUT2D eigenvalue weighted by Gasteiger charge is 2.51. The van der Waals surface area contributed by atoms with Crippen molar-refractivity contribution in [1.29, 1.82) is 0 Å². The lowest BCUT2D eigenvalue weighted by molar-refractivity contribution is 0.0188. The summed E-state index contributed by atoms with van der Waals surface area (Å²) in [6, 6.07) is 13.1. The Hall–Kier alpha value is -1.66. The van der Waals surface area contributed by atoms with Gasteiger partial charge in [-0.2, -0.15) is 0 Å². The van der Waals surface area contributed by atoms with Crippen molar-refractivity contribution in [3.8, 4) is 12.5 Å². The predicted octanol–water partition coefficient (Wildman–Crippen LogP) is 5.66. The second-order valence-electron chi connectivity index (χ2n) is 11.1. The molecule has 0 amide bonds. The number of anilines is 2. The van der Waals surface area contributed by atoms with Crippen LogP contribution in [0.3, 0.4) is 0 Å². The summed E-state index contributed by atoms with van der Waals surface area (Å²) in [5.74, 6) is 0.879. The van der Waals surface area contributed by atoms with Crippen LogP contribution in [0.25, 0.3) is 0 Å². The fourth-order valence-electron chi connectivity index (χ4n) is 6.72. The van der Waals surface area contributed by atoms with Crippen LogP contribution in [0, 0.1) is 23.8 Å². The zero-order chi connectivity index (χ0) is 20.8. The van der Waals surface area contributed by atoms with Gasteiger partial charge in [0.05, 0.1) is 16.9 Å². The average Bonchev–Trinajstić information content (AvgIpc) is 2.95. The van der Waals surface area contributed by atoms with Crippen LogP contribution >= 0.6 is 0 Å². The molecule has 29 heavy (non-hydrogen) atoms. The van der Waals surface area contributed by atoms with Crippen LogP contribution in [0.1, 0.15) is 79.1 Å². The molecule has 2 aliphatic heterocycles. The van der Waals surface area contributed by atoms with Gasteiger partial charge in [0.15, 0.2) is 0 Å². The Morgan fingerprint density at radius 3 is 2.07 bits per heavy atom. The number of nitrogens with zero attached hydrogens (tertiary/aromatic N) is 2. The van der Waals surface area contributed by atoms with Crippen LogP contribution in [0.2, 0.25) is 0 Å². The summed E-state index contributed by atoms with van der Waals surface area (Å²) in [5, 5.41) is 0. The molecular weight excluding hydrogens is 354 g/mol. The highest BCUT2D eigenvalue weighted by Crippen LogP contribution is 2.49. The van der Waals surface area contributed by atoms with Crippen molar-refractivity contribution in [3.63, 3.8) is 0 Å². The Kier molecular flexibility index (Phi) is 5.36. The Morgan fingerprint density at radius 1 is 1.00 bits per heavy atom. The molecule has 2 heterocycles. The van der Waals surface area contributed by atoms with E-state index < -0.39 is 0 Å². The highest BCUT2D eigenvalue weighted by atomic mass is 15.3. The largest absolute Gasteiger partial charge is 0.397 e. The molecule has 3 fully saturated rings. The Balaban J connectivity index is 1.49. The van der Waals surface area contributed by atoms with Crippen molar-refractivity contribution < 1.29 is 0 Å². The zero-order valence-corrected chi connectivity index (χ0v) is 18.8. The van der Waals surface area contributed by atoms with E-state index in [-0.39, 0.29) is 5.54 Å². The van der Waals surface area contributed by atoms with Crippen molar-refractivity contribution in [2.75, 3.05) is 10.6 Å². The number of benzene rings is 1. The molecule has 0 spiro atoms. The van der Waals surface area contributed by atoms with Crippen LogP contribution in [0.4, 0.5) is 11.4 Å². The molecule has 3 nitrogen and oxygen atoms in total. The van der Waals surface area contributed by atoms with E-state index in [4.69, 9.17) is 12.2 Å². The van der Waals surface area contributed by atoms with Gasteiger partial charge in [-0.1, -0.05) is 39.3 Å². The minimum atomic E-state index is -0.0187. The van der Waals surface area contributed by atoms with E-state index in [0.29, 0.717) is 17.5 Å². The molecule has 1 aromatic carbocycles. The van der Waals surface area contributed by atoms with Gasteiger partial charge < -0.3 is 5.73 Å². The van der Waals surface area contributed by atoms with Crippen LogP contribution in [-0.2, 0) is 0 Å². The molecule has 1 aromatic rings. The molecule has 1 aliphatic carbocycles. The Bertz CT molecular complexity index is 749. The fraction of sp³-hybridized carbons (Fsp3) is 0.692. The van der Waals surface area contributed by atoms with Crippen molar-refractivity contribution in [1.82, 2.24) is 4.90 Å². The Morgan fingerprint density at radius 2 is 1.55 bits per heavy atom. The fourth-order valence-corrected chi connectivity index (χ4v) is 6.72. The molecule has 158 valence electrons. The number of fused-ring (bicyclic) bond motifs is 2. The highest BCUT2D eigenvalue weighted by molar-refractivity contribution is 5.71. The van der Waals surface area contributed by atoms with Gasteiger partial charge in [-0.3, -0.25) is 9.80 Å². The molecule has 3 atom stereocenters. The lowest BCUT2D eigenvalue weighted by atomic mass is 9.70. The normalized spacial score (nSPS) is 35.3. The van der Waals surface area contributed by atoms with E-state index in [1.54, 1.807) is 0 Å². The molecule has 3 heteroatoms. The molecule has 0 aromatic heterocycles. The SMILES string of the molecule is C#CN(c1ccccc1N)[C@@]1(C)C[C@H]2CC[C@@H](C1)N2[C@H]1CC[C@H](C(C)(C)C)CC1. The number of hydrogen-bond acceptors (Lipinski definition) is 3. The van der Waals surface area contributed by atoms with E-state index in [1.807, 2.05) is 18.2 Å². The maximum Gasteiger partial charge on any atom is 0.0724 e. The summed E-state index contributed by atoms with van der Waals surface area (Å²) < 4.78 is 0. The second kappa shape index (κ2) is 7.55. The lowest BCUT2D eigenvalue weighted by Gasteiger charge is -2.52. The maximum absolute atomic E-state index is 6.29. The zero-order valence-electron chi connectivity index (χ0n) is 18.8. The van der Waals surface area contributed by atoms with Crippen molar-refractivity contribution in [2.24, 2.45) is 11.3 Å². The molecule has 2 bridgehead atoms. The topological polar surface area (TPSA) is 32.5 Å². The van der Waals surface area contributed by atoms with Gasteiger partial charge in [0.25, 0.3) is 0 Å². The molecule has 2 N–H and O–H groups in total. The molecular formula is C26H39N3. The maximum atomic E-state index is 6.29. The third kappa shape index (κ3) is 3.77. The first-order valence-corrected chi connectivity index (χ1v) is 11.6. The number of rotatable bonds is 3. The van der Waals surface area contributed by atoms with Gasteiger partial charge in [0, 0.05) is 24.2 Å². The summed E-state index contributed by atoms with van der Waals surface area (Å²) in [7, 11) is 0. The summed E-state index contributed by atoms with van der Waals surface area (Å²) in [4.78, 5) is 5.06. The van der Waals surface area contributed by atoms with Crippen LogP contribution in [0.5, 0.6) is 0 Å². The average molecular weight is 394 g/mol. The van der Waals surface area contributed by atoms with E-state index >= 15 is 0 Å². The lowest BCUT2D eigenvalue weighted by Crippen LogP contribution is -2.59. The monoisotopic (exact) mass is 393 g/mol. The molecule has 1 saturated carbocycles. The first-order valence-electron chi connectivity index (χ1n) is 11.6. The van der Waals surface area contributed by atoms with Gasteiger partial charge in [-0.05, 0) is 81.8 Å². The van der Waals surface area contributed by atoms with Crippen molar-refractivity contribution >= 4 is 11.4 Å². The molecule has 0 unspecified atom stereocenters. The minimum Gasteiger partial charge on any atom is -0.397 e. The third-order valence-corrected chi connectivity index (χ3v) is 8.22. The first kappa shape index (κ1) is 20.6. The van der Waals surface area contributed by atoms with Crippen molar-refractivity contribution in [3.05, 3.63) is 24.3 Å². The van der Waals surface area contributed by atoms with Crippen LogP contribution in [-0.4, -0.2) is 28.6 Å². The summed E-state index contributed by atoms with van der Waals surface area (Å²) in [6.45, 7) is 9.60. The van der Waals surface area contributed by atoms with E-state index in [1.165, 1.54) is 38.5 Å². The number of nitrogen functional groups attached to an aromatic ring is 1. The molecule has 2 saturated heterocycles. The van der Waals surface area contributed by atoms with Gasteiger partial charge in [-0.15, -0.1) is 0 Å². The minimum absolute atomic E-state index is 0.0187. The van der Waals surface area contributed by atoms with E-state index in [0.717, 1.165) is 36.2 Å². The summed E-state index contributed by atoms with van der Waals surface area (Å²) in [5.41, 5.74) is 8.50. The Labute approximate surface area is 178 Å². The number of para-hydroxylation sites is 2. The number of piperidine rings is 1. The van der Waals surface area contributed by atoms with Gasteiger partial charge in [0.2, 0.25) is 0 Å². The van der Waals surface area contributed by atoms with Crippen molar-refractivity contribution in [2.45, 2.75) is 103 Å². The number of nitrogens with two attached hydrogens (primary N) is 1. The number of hydrogen-bond donors (Lipinski definition) is 1. The van der Waals surface area contributed by atoms with Crippen LogP contribution in [0.15, 0.2) is 24.3 Å².